The molecule has 1 aliphatic heterocycles. The normalized spacial score (nSPS) is 14.4. The van der Waals surface area contributed by atoms with Crippen molar-refractivity contribution < 1.29 is 23.0 Å². The van der Waals surface area contributed by atoms with E-state index in [9.17, 15) is 23.6 Å². The van der Waals surface area contributed by atoms with Gasteiger partial charge in [-0.1, -0.05) is 0 Å². The van der Waals surface area contributed by atoms with Gasteiger partial charge in [-0.15, -0.1) is 0 Å². The van der Waals surface area contributed by atoms with Crippen molar-refractivity contribution in [3.05, 3.63) is 64.2 Å². The van der Waals surface area contributed by atoms with Gasteiger partial charge in [0, 0.05) is 39.3 Å². The molecule has 4 rings (SSSR count). The fraction of sp³-hybridized carbons (Fsp3) is 0.385. The minimum Gasteiger partial charge on any atom is -0.453 e. The Morgan fingerprint density at radius 3 is 2.46 bits per heavy atom. The number of ether oxygens (including phenoxy) is 2. The number of carbonyl (C=O) groups is 1. The van der Waals surface area contributed by atoms with Crippen LogP contribution < -0.4 is 10.3 Å². The molecule has 0 radical (unpaired) electrons. The van der Waals surface area contributed by atoms with Crippen molar-refractivity contribution in [1.82, 2.24) is 19.4 Å². The third-order valence-corrected chi connectivity index (χ3v) is 5.87. The Balaban J connectivity index is 1.44. The van der Waals surface area contributed by atoms with Gasteiger partial charge < -0.3 is 14.4 Å². The molecule has 0 unspecified atom stereocenters. The molecule has 1 saturated heterocycles. The van der Waals surface area contributed by atoms with Crippen molar-refractivity contribution in [3.8, 4) is 17.6 Å². The SMILES string of the molecule is CC(C)(C)OC(=O)N1CCN(CCn2cnc3ccc(Oc4c(F)ccc(F)c4C#N)cc3c2=O)CC1. The average molecular weight is 512 g/mol. The van der Waals surface area contributed by atoms with E-state index in [1.807, 2.05) is 20.8 Å². The monoisotopic (exact) mass is 511 g/mol. The van der Waals surface area contributed by atoms with E-state index >= 15 is 0 Å². The lowest BCUT2D eigenvalue weighted by atomic mass is 10.2. The highest BCUT2D eigenvalue weighted by Crippen LogP contribution is 2.30. The Kier molecular flexibility index (Phi) is 7.40. The molecule has 0 spiro atoms. The number of rotatable bonds is 5. The minimum absolute atomic E-state index is 0.0726. The molecular formula is C26H27F2N5O4. The van der Waals surface area contributed by atoms with Crippen LogP contribution in [-0.4, -0.2) is 63.8 Å². The van der Waals surface area contributed by atoms with Crippen molar-refractivity contribution in [3.63, 3.8) is 0 Å². The van der Waals surface area contributed by atoms with Crippen molar-refractivity contribution >= 4 is 17.0 Å². The van der Waals surface area contributed by atoms with Crippen LogP contribution in [-0.2, 0) is 11.3 Å². The number of hydrogen-bond donors (Lipinski definition) is 0. The molecule has 37 heavy (non-hydrogen) atoms. The maximum Gasteiger partial charge on any atom is 0.410 e. The summed E-state index contributed by atoms with van der Waals surface area (Å²) >= 11 is 0. The molecule has 0 aliphatic carbocycles. The van der Waals surface area contributed by atoms with Crippen LogP contribution in [0.4, 0.5) is 13.6 Å². The molecule has 9 nitrogen and oxygen atoms in total. The van der Waals surface area contributed by atoms with E-state index in [2.05, 4.69) is 9.88 Å². The van der Waals surface area contributed by atoms with Crippen molar-refractivity contribution in [1.29, 1.82) is 5.26 Å². The highest BCUT2D eigenvalue weighted by molar-refractivity contribution is 5.79. The first-order valence-electron chi connectivity index (χ1n) is 11.8. The minimum atomic E-state index is -0.907. The highest BCUT2D eigenvalue weighted by atomic mass is 19.1. The molecule has 3 aromatic rings. The number of piperazine rings is 1. The molecule has 0 N–H and O–H groups in total. The Morgan fingerprint density at radius 1 is 1.08 bits per heavy atom. The Labute approximate surface area is 212 Å². The van der Waals surface area contributed by atoms with E-state index in [0.29, 0.717) is 44.8 Å². The predicted molar refractivity (Wildman–Crippen MR) is 131 cm³/mol. The largest absolute Gasteiger partial charge is 0.453 e. The smallest absolute Gasteiger partial charge is 0.410 e. The van der Waals surface area contributed by atoms with Crippen molar-refractivity contribution in [2.45, 2.75) is 32.9 Å². The summed E-state index contributed by atoms with van der Waals surface area (Å²) in [4.78, 5) is 33.5. The summed E-state index contributed by atoms with van der Waals surface area (Å²) in [5, 5.41) is 9.42. The van der Waals surface area contributed by atoms with E-state index in [-0.39, 0.29) is 22.8 Å². The van der Waals surface area contributed by atoms with Gasteiger partial charge in [0.25, 0.3) is 5.56 Å². The van der Waals surface area contributed by atoms with Crippen LogP contribution in [0.5, 0.6) is 11.5 Å². The van der Waals surface area contributed by atoms with Gasteiger partial charge in [-0.2, -0.15) is 5.26 Å². The fourth-order valence-electron chi connectivity index (χ4n) is 3.95. The van der Waals surface area contributed by atoms with Gasteiger partial charge in [0.15, 0.2) is 11.6 Å². The molecule has 2 heterocycles. The highest BCUT2D eigenvalue weighted by Gasteiger charge is 2.25. The lowest BCUT2D eigenvalue weighted by Crippen LogP contribution is -2.50. The second-order valence-electron chi connectivity index (χ2n) is 9.68. The number of aromatic nitrogens is 2. The third-order valence-electron chi connectivity index (χ3n) is 5.87. The van der Waals surface area contributed by atoms with Gasteiger partial charge in [0.05, 0.1) is 17.2 Å². The van der Waals surface area contributed by atoms with Gasteiger partial charge in [0.1, 0.15) is 28.8 Å². The van der Waals surface area contributed by atoms with Crippen LogP contribution in [0.25, 0.3) is 10.9 Å². The van der Waals surface area contributed by atoms with E-state index in [1.54, 1.807) is 11.0 Å². The fourth-order valence-corrected chi connectivity index (χ4v) is 3.95. The second kappa shape index (κ2) is 10.5. The predicted octanol–water partition coefficient (Wildman–Crippen LogP) is 3.89. The van der Waals surface area contributed by atoms with Gasteiger partial charge in [-0.25, -0.2) is 18.6 Å². The van der Waals surface area contributed by atoms with Crippen LogP contribution in [0.2, 0.25) is 0 Å². The number of nitrogens with zero attached hydrogens (tertiary/aromatic N) is 5. The van der Waals surface area contributed by atoms with Gasteiger partial charge in [-0.05, 0) is 51.1 Å². The molecule has 1 fully saturated rings. The number of fused-ring (bicyclic) bond motifs is 1. The first-order chi connectivity index (χ1) is 17.6. The van der Waals surface area contributed by atoms with Crippen LogP contribution in [0.15, 0.2) is 41.5 Å². The van der Waals surface area contributed by atoms with Crippen LogP contribution in [0.1, 0.15) is 26.3 Å². The van der Waals surface area contributed by atoms with Crippen LogP contribution in [0.3, 0.4) is 0 Å². The Hall–Kier alpha value is -4.04. The summed E-state index contributed by atoms with van der Waals surface area (Å²) in [5.74, 6) is -2.27. The zero-order valence-corrected chi connectivity index (χ0v) is 20.8. The maximum absolute atomic E-state index is 14.2. The lowest BCUT2D eigenvalue weighted by Gasteiger charge is -2.35. The third kappa shape index (κ3) is 6.03. The summed E-state index contributed by atoms with van der Waals surface area (Å²) in [6, 6.07) is 7.71. The van der Waals surface area contributed by atoms with E-state index in [1.165, 1.54) is 29.1 Å². The number of halogens is 2. The number of amides is 1. The van der Waals surface area contributed by atoms with Gasteiger partial charge >= 0.3 is 6.09 Å². The molecule has 0 atom stereocenters. The molecular weight excluding hydrogens is 484 g/mol. The van der Waals surface area contributed by atoms with Gasteiger partial charge in [0.2, 0.25) is 0 Å². The van der Waals surface area contributed by atoms with Gasteiger partial charge in [-0.3, -0.25) is 14.3 Å². The first kappa shape index (κ1) is 26.0. The first-order valence-corrected chi connectivity index (χ1v) is 11.8. The molecule has 0 bridgehead atoms. The van der Waals surface area contributed by atoms with Crippen molar-refractivity contribution in [2.75, 3.05) is 32.7 Å². The molecule has 1 aliphatic rings. The molecule has 2 aromatic carbocycles. The molecule has 1 amide bonds. The van der Waals surface area contributed by atoms with Crippen molar-refractivity contribution in [2.24, 2.45) is 0 Å². The summed E-state index contributed by atoms with van der Waals surface area (Å²) < 4.78 is 40.5. The quantitative estimate of drug-likeness (QED) is 0.512. The standard InChI is InChI=1S/C26H27F2N5O4/c1-26(2,3)37-25(35)32-11-8-31(9-12-32)10-13-33-16-30-22-7-4-17(14-18(22)24(33)34)36-23-19(15-29)20(27)5-6-21(23)28/h4-7,14,16H,8-13H2,1-3H3. The Morgan fingerprint density at radius 2 is 1.78 bits per heavy atom. The topological polar surface area (TPSA) is 101 Å². The zero-order valence-electron chi connectivity index (χ0n) is 20.8. The number of hydrogen-bond acceptors (Lipinski definition) is 7. The summed E-state index contributed by atoms with van der Waals surface area (Å²) in [6.07, 6.45) is 1.13. The number of carbonyl (C=O) groups excluding carboxylic acids is 1. The van der Waals surface area contributed by atoms with E-state index in [4.69, 9.17) is 9.47 Å². The van der Waals surface area contributed by atoms with Crippen LogP contribution in [0, 0.1) is 23.0 Å². The number of benzene rings is 2. The Bertz CT molecular complexity index is 1420. The molecule has 0 saturated carbocycles. The summed E-state index contributed by atoms with van der Waals surface area (Å²) in [5.41, 5.74) is -1.01. The van der Waals surface area contributed by atoms with E-state index < -0.39 is 28.5 Å². The zero-order chi connectivity index (χ0) is 26.7. The molecule has 194 valence electrons. The molecule has 1 aromatic heterocycles. The summed E-state index contributed by atoms with van der Waals surface area (Å²) in [7, 11) is 0. The number of nitriles is 1. The maximum atomic E-state index is 14.2. The lowest BCUT2D eigenvalue weighted by molar-refractivity contribution is 0.0143. The summed E-state index contributed by atoms with van der Waals surface area (Å²) in [6.45, 7) is 8.78. The molecule has 11 heteroatoms. The average Bonchev–Trinajstić information content (AvgIpc) is 2.85. The second-order valence-corrected chi connectivity index (χ2v) is 9.68. The van der Waals surface area contributed by atoms with Crippen LogP contribution >= 0.6 is 0 Å². The van der Waals surface area contributed by atoms with E-state index in [0.717, 1.165) is 12.1 Å².